The van der Waals surface area contributed by atoms with Crippen LogP contribution in [0.3, 0.4) is 0 Å². The number of nitriles is 1. The molecule has 0 aliphatic rings. The normalized spacial score (nSPS) is 11.0. The summed E-state index contributed by atoms with van der Waals surface area (Å²) in [5.41, 5.74) is 3.40. The Kier molecular flexibility index (Phi) is 3.49. The highest BCUT2D eigenvalue weighted by molar-refractivity contribution is 6.01. The van der Waals surface area contributed by atoms with E-state index in [-0.39, 0.29) is 17.5 Å². The van der Waals surface area contributed by atoms with Gasteiger partial charge >= 0.3 is 6.18 Å². The van der Waals surface area contributed by atoms with E-state index in [1.165, 1.54) is 12.1 Å². The number of hydrogen-bond donors (Lipinski definition) is 3. The van der Waals surface area contributed by atoms with Crippen molar-refractivity contribution in [3.63, 3.8) is 0 Å². The van der Waals surface area contributed by atoms with E-state index in [9.17, 15) is 18.0 Å². The van der Waals surface area contributed by atoms with Crippen LogP contribution in [0.4, 0.5) is 24.8 Å². The Bertz CT molecular complexity index is 730. The molecule has 7 nitrogen and oxygen atoms in total. The highest BCUT2D eigenvalue weighted by atomic mass is 19.4. The Morgan fingerprint density at radius 2 is 2.14 bits per heavy atom. The Morgan fingerprint density at radius 3 is 2.67 bits per heavy atom. The van der Waals surface area contributed by atoms with Crippen molar-refractivity contribution in [2.75, 3.05) is 11.1 Å². The molecule has 1 aromatic heterocycles. The van der Waals surface area contributed by atoms with Gasteiger partial charge in [-0.2, -0.15) is 23.4 Å². The van der Waals surface area contributed by atoms with E-state index >= 15 is 0 Å². The number of aromatic nitrogens is 3. The number of alkyl halides is 3. The van der Waals surface area contributed by atoms with Crippen molar-refractivity contribution >= 4 is 17.5 Å². The number of carbonyl (C=O) groups excluding carboxylic acids is 1. The summed E-state index contributed by atoms with van der Waals surface area (Å²) in [5, 5.41) is 16.5. The fraction of sp³-hybridized carbons (Fsp3) is 0.0909. The SMILES string of the molecule is N#Cc1ccc(NC(=O)c2nc(N)n[nH]2)cc1C(F)(F)F. The Hall–Kier alpha value is -3.09. The number of H-pyrrole nitrogens is 1. The fourth-order valence-electron chi connectivity index (χ4n) is 1.52. The molecular weight excluding hydrogens is 289 g/mol. The van der Waals surface area contributed by atoms with Gasteiger partial charge in [-0.1, -0.05) is 0 Å². The lowest BCUT2D eigenvalue weighted by Gasteiger charge is -2.11. The van der Waals surface area contributed by atoms with E-state index in [1.54, 1.807) is 0 Å². The molecule has 0 unspecified atom stereocenters. The molecule has 10 heteroatoms. The van der Waals surface area contributed by atoms with Gasteiger partial charge in [-0.15, -0.1) is 5.10 Å². The number of hydrogen-bond acceptors (Lipinski definition) is 5. The molecule has 2 rings (SSSR count). The predicted octanol–water partition coefficient (Wildman–Crippen LogP) is 1.53. The lowest BCUT2D eigenvalue weighted by atomic mass is 10.1. The number of nitrogens with zero attached hydrogens (tertiary/aromatic N) is 3. The summed E-state index contributed by atoms with van der Waals surface area (Å²) in [6.45, 7) is 0. The summed E-state index contributed by atoms with van der Waals surface area (Å²) < 4.78 is 38.3. The van der Waals surface area contributed by atoms with Crippen LogP contribution < -0.4 is 11.1 Å². The number of benzene rings is 1. The maximum absolute atomic E-state index is 12.8. The molecule has 108 valence electrons. The maximum Gasteiger partial charge on any atom is 0.417 e. The number of aromatic amines is 1. The van der Waals surface area contributed by atoms with Crippen LogP contribution in [0.1, 0.15) is 21.7 Å². The van der Waals surface area contributed by atoms with E-state index in [4.69, 9.17) is 11.0 Å². The van der Waals surface area contributed by atoms with Gasteiger partial charge in [-0.3, -0.25) is 9.89 Å². The van der Waals surface area contributed by atoms with Gasteiger partial charge in [-0.05, 0) is 18.2 Å². The number of anilines is 2. The van der Waals surface area contributed by atoms with Gasteiger partial charge in [0.1, 0.15) is 0 Å². The summed E-state index contributed by atoms with van der Waals surface area (Å²) in [6.07, 6.45) is -4.71. The van der Waals surface area contributed by atoms with Crippen LogP contribution in [-0.2, 0) is 6.18 Å². The highest BCUT2D eigenvalue weighted by Crippen LogP contribution is 2.33. The molecule has 0 fully saturated rings. The predicted molar refractivity (Wildman–Crippen MR) is 64.9 cm³/mol. The van der Waals surface area contributed by atoms with Crippen molar-refractivity contribution in [2.45, 2.75) is 6.18 Å². The third kappa shape index (κ3) is 3.08. The minimum atomic E-state index is -4.71. The average molecular weight is 296 g/mol. The van der Waals surface area contributed by atoms with E-state index in [0.717, 1.165) is 6.07 Å². The van der Waals surface area contributed by atoms with Crippen LogP contribution in [0, 0.1) is 11.3 Å². The van der Waals surface area contributed by atoms with Crippen LogP contribution in [0.2, 0.25) is 0 Å². The van der Waals surface area contributed by atoms with Crippen LogP contribution in [0.15, 0.2) is 18.2 Å². The quantitative estimate of drug-likeness (QED) is 0.776. The minimum absolute atomic E-state index is 0.138. The van der Waals surface area contributed by atoms with Crippen molar-refractivity contribution in [3.8, 4) is 6.07 Å². The first-order valence-electron chi connectivity index (χ1n) is 5.42. The number of nitrogen functional groups attached to an aromatic ring is 1. The van der Waals surface area contributed by atoms with Gasteiger partial charge in [0.25, 0.3) is 5.91 Å². The first kappa shape index (κ1) is 14.3. The molecule has 0 atom stereocenters. The molecule has 0 spiro atoms. The van der Waals surface area contributed by atoms with Gasteiger partial charge in [0.15, 0.2) is 0 Å². The molecule has 0 saturated heterocycles. The zero-order chi connectivity index (χ0) is 15.6. The standard InChI is InChI=1S/C11H7F3N6O/c12-11(13,14)7-3-6(2-1-5(7)4-15)17-9(21)8-18-10(16)20-19-8/h1-3H,(H,17,21)(H3,16,18,19,20). The summed E-state index contributed by atoms with van der Waals surface area (Å²) >= 11 is 0. The molecule has 1 aromatic carbocycles. The van der Waals surface area contributed by atoms with Crippen molar-refractivity contribution in [1.29, 1.82) is 5.26 Å². The average Bonchev–Trinajstić information content (AvgIpc) is 2.84. The summed E-state index contributed by atoms with van der Waals surface area (Å²) in [6, 6.07) is 4.24. The number of nitrogens with one attached hydrogen (secondary N) is 2. The lowest BCUT2D eigenvalue weighted by Crippen LogP contribution is -2.15. The molecule has 0 aliphatic carbocycles. The molecule has 1 amide bonds. The minimum Gasteiger partial charge on any atom is -0.366 e. The zero-order valence-corrected chi connectivity index (χ0v) is 10.2. The van der Waals surface area contributed by atoms with Crippen molar-refractivity contribution in [1.82, 2.24) is 15.2 Å². The van der Waals surface area contributed by atoms with E-state index in [0.29, 0.717) is 6.07 Å². The maximum atomic E-state index is 12.8. The molecule has 2 aromatic rings. The van der Waals surface area contributed by atoms with Crippen LogP contribution in [0.25, 0.3) is 0 Å². The zero-order valence-electron chi connectivity index (χ0n) is 10.2. The smallest absolute Gasteiger partial charge is 0.366 e. The van der Waals surface area contributed by atoms with Crippen molar-refractivity contribution in [2.24, 2.45) is 0 Å². The van der Waals surface area contributed by atoms with E-state index in [1.807, 2.05) is 0 Å². The topological polar surface area (TPSA) is 120 Å². The fourth-order valence-corrected chi connectivity index (χ4v) is 1.52. The van der Waals surface area contributed by atoms with Crippen LogP contribution in [-0.4, -0.2) is 21.1 Å². The van der Waals surface area contributed by atoms with E-state index < -0.39 is 23.2 Å². The van der Waals surface area contributed by atoms with Gasteiger partial charge in [0.05, 0.1) is 17.2 Å². The number of nitrogens with two attached hydrogens (primary N) is 1. The largest absolute Gasteiger partial charge is 0.417 e. The second kappa shape index (κ2) is 5.12. The van der Waals surface area contributed by atoms with Crippen molar-refractivity contribution < 1.29 is 18.0 Å². The molecule has 1 heterocycles. The molecule has 21 heavy (non-hydrogen) atoms. The second-order valence-corrected chi connectivity index (χ2v) is 3.87. The molecule has 0 saturated carbocycles. The Balaban J connectivity index is 2.30. The van der Waals surface area contributed by atoms with Gasteiger partial charge in [-0.25, -0.2) is 0 Å². The number of amides is 1. The molecular formula is C11H7F3N6O. The Morgan fingerprint density at radius 1 is 1.43 bits per heavy atom. The molecule has 0 aliphatic heterocycles. The van der Waals surface area contributed by atoms with E-state index in [2.05, 4.69) is 20.5 Å². The molecule has 0 radical (unpaired) electrons. The molecule has 0 bridgehead atoms. The monoisotopic (exact) mass is 296 g/mol. The van der Waals surface area contributed by atoms with Crippen molar-refractivity contribution in [3.05, 3.63) is 35.2 Å². The van der Waals surface area contributed by atoms with Gasteiger partial charge in [0.2, 0.25) is 11.8 Å². The van der Waals surface area contributed by atoms with Crippen LogP contribution in [0.5, 0.6) is 0 Å². The number of carbonyl (C=O) groups is 1. The first-order valence-corrected chi connectivity index (χ1v) is 5.42. The summed E-state index contributed by atoms with van der Waals surface area (Å²) in [7, 11) is 0. The third-order valence-corrected chi connectivity index (χ3v) is 2.42. The summed E-state index contributed by atoms with van der Waals surface area (Å²) in [5.74, 6) is -1.22. The van der Waals surface area contributed by atoms with Gasteiger partial charge < -0.3 is 11.1 Å². The first-order chi connectivity index (χ1) is 9.81. The van der Waals surface area contributed by atoms with Gasteiger partial charge in [0, 0.05) is 5.69 Å². The van der Waals surface area contributed by atoms with Crippen LogP contribution >= 0.6 is 0 Å². The number of halogens is 3. The number of rotatable bonds is 2. The summed E-state index contributed by atoms with van der Waals surface area (Å²) in [4.78, 5) is 15.2. The second-order valence-electron chi connectivity index (χ2n) is 3.87. The molecule has 4 N–H and O–H groups in total. The lowest BCUT2D eigenvalue weighted by molar-refractivity contribution is -0.137. The third-order valence-electron chi connectivity index (χ3n) is 2.42. The Labute approximate surface area is 115 Å². The highest BCUT2D eigenvalue weighted by Gasteiger charge is 2.34.